The lowest BCUT2D eigenvalue weighted by atomic mass is 9.98. The number of methoxy groups -OCH3 is 1. The molecule has 8 nitrogen and oxygen atoms in total. The van der Waals surface area contributed by atoms with Crippen molar-refractivity contribution < 1.29 is 29.0 Å². The number of alkyl carbamates (subject to hydrolysis) is 1. The zero-order chi connectivity index (χ0) is 24.8. The van der Waals surface area contributed by atoms with Gasteiger partial charge in [-0.25, -0.2) is 4.79 Å². The molecule has 8 heteroatoms. The number of rotatable bonds is 10. The molecular formula is C27H32N2O6. The Labute approximate surface area is 205 Å². The molecule has 1 saturated carbocycles. The van der Waals surface area contributed by atoms with Crippen molar-refractivity contribution in [2.75, 3.05) is 20.3 Å². The highest BCUT2D eigenvalue weighted by Gasteiger charge is 2.30. The zero-order valence-electron chi connectivity index (χ0n) is 19.9. The van der Waals surface area contributed by atoms with E-state index in [-0.39, 0.29) is 49.8 Å². The predicted molar refractivity (Wildman–Crippen MR) is 130 cm³/mol. The van der Waals surface area contributed by atoms with Crippen molar-refractivity contribution in [1.29, 1.82) is 0 Å². The summed E-state index contributed by atoms with van der Waals surface area (Å²) in [7, 11) is 1.50. The summed E-state index contributed by atoms with van der Waals surface area (Å²) >= 11 is 0. The Morgan fingerprint density at radius 1 is 1.03 bits per heavy atom. The van der Waals surface area contributed by atoms with E-state index in [2.05, 4.69) is 34.9 Å². The maximum absolute atomic E-state index is 12.4. The fourth-order valence-corrected chi connectivity index (χ4v) is 5.22. The molecule has 0 heterocycles. The lowest BCUT2D eigenvalue weighted by Crippen LogP contribution is -2.40. The van der Waals surface area contributed by atoms with Crippen LogP contribution in [0.1, 0.15) is 49.1 Å². The van der Waals surface area contributed by atoms with Crippen LogP contribution in [0.25, 0.3) is 11.1 Å². The van der Waals surface area contributed by atoms with Gasteiger partial charge in [-0.3, -0.25) is 9.59 Å². The summed E-state index contributed by atoms with van der Waals surface area (Å²) in [5.41, 5.74) is 4.62. The van der Waals surface area contributed by atoms with Gasteiger partial charge >= 0.3 is 12.1 Å². The minimum atomic E-state index is -0.805. The molecule has 0 bridgehead atoms. The van der Waals surface area contributed by atoms with Crippen molar-refractivity contribution in [3.05, 3.63) is 59.7 Å². The number of carboxylic acid groups (broad SMARTS) is 1. The van der Waals surface area contributed by atoms with Crippen LogP contribution in [0, 0.1) is 5.92 Å². The quantitative estimate of drug-likeness (QED) is 0.478. The van der Waals surface area contributed by atoms with Gasteiger partial charge in [-0.1, -0.05) is 48.5 Å². The van der Waals surface area contributed by atoms with E-state index < -0.39 is 18.2 Å². The average Bonchev–Trinajstić information content (AvgIpc) is 3.41. The smallest absolute Gasteiger partial charge is 0.407 e. The Kier molecular flexibility index (Phi) is 8.02. The van der Waals surface area contributed by atoms with E-state index in [4.69, 9.17) is 14.6 Å². The molecule has 2 aromatic carbocycles. The summed E-state index contributed by atoms with van der Waals surface area (Å²) < 4.78 is 10.9. The first-order valence-electron chi connectivity index (χ1n) is 12.1. The van der Waals surface area contributed by atoms with E-state index in [0.29, 0.717) is 6.42 Å². The lowest BCUT2D eigenvalue weighted by molar-refractivity contribution is -0.138. The number of nitrogens with one attached hydrogen (secondary N) is 2. The van der Waals surface area contributed by atoms with E-state index in [9.17, 15) is 14.4 Å². The normalized spacial score (nSPS) is 19.5. The van der Waals surface area contributed by atoms with Gasteiger partial charge in [0.2, 0.25) is 5.91 Å². The van der Waals surface area contributed by atoms with Crippen LogP contribution in [0.2, 0.25) is 0 Å². The molecule has 3 atom stereocenters. The van der Waals surface area contributed by atoms with Gasteiger partial charge in [0.15, 0.2) is 0 Å². The van der Waals surface area contributed by atoms with Gasteiger partial charge in [0.1, 0.15) is 6.61 Å². The van der Waals surface area contributed by atoms with Crippen LogP contribution in [0.3, 0.4) is 0 Å². The largest absolute Gasteiger partial charge is 0.481 e. The van der Waals surface area contributed by atoms with Gasteiger partial charge in [0.05, 0.1) is 12.5 Å². The summed E-state index contributed by atoms with van der Waals surface area (Å²) in [6.07, 6.45) is 1.44. The number of carbonyl (C=O) groups is 3. The van der Waals surface area contributed by atoms with Crippen molar-refractivity contribution >= 4 is 18.0 Å². The summed E-state index contributed by atoms with van der Waals surface area (Å²) in [5.74, 6) is -0.896. The Hall–Kier alpha value is -3.39. The van der Waals surface area contributed by atoms with Crippen LogP contribution < -0.4 is 10.6 Å². The molecule has 2 aromatic rings. The van der Waals surface area contributed by atoms with E-state index in [1.54, 1.807) is 0 Å². The predicted octanol–water partition coefficient (Wildman–Crippen LogP) is 3.69. The molecule has 0 spiro atoms. The third kappa shape index (κ3) is 6.19. The van der Waals surface area contributed by atoms with Gasteiger partial charge in [-0.2, -0.15) is 0 Å². The minimum absolute atomic E-state index is 0.0144. The number of carboxylic acids is 1. The van der Waals surface area contributed by atoms with Crippen LogP contribution in [-0.2, 0) is 19.1 Å². The molecule has 2 aliphatic carbocycles. The summed E-state index contributed by atoms with van der Waals surface area (Å²) in [5, 5.41) is 14.6. The van der Waals surface area contributed by atoms with E-state index in [0.717, 1.165) is 24.0 Å². The van der Waals surface area contributed by atoms with E-state index in [1.165, 1.54) is 18.2 Å². The molecule has 4 rings (SSSR count). The molecule has 2 aliphatic rings. The third-order valence-electron chi connectivity index (χ3n) is 6.93. The van der Waals surface area contributed by atoms with Gasteiger partial charge in [-0.05, 0) is 47.4 Å². The Morgan fingerprint density at radius 3 is 2.31 bits per heavy atom. The first-order valence-corrected chi connectivity index (χ1v) is 12.1. The van der Waals surface area contributed by atoms with Crippen LogP contribution in [0.5, 0.6) is 0 Å². The second-order valence-corrected chi connectivity index (χ2v) is 9.31. The second-order valence-electron chi connectivity index (χ2n) is 9.31. The second kappa shape index (κ2) is 11.4. The first kappa shape index (κ1) is 24.7. The van der Waals surface area contributed by atoms with Crippen LogP contribution in [0.4, 0.5) is 4.79 Å². The van der Waals surface area contributed by atoms with Crippen molar-refractivity contribution in [3.63, 3.8) is 0 Å². The number of hydrogen-bond acceptors (Lipinski definition) is 5. The van der Waals surface area contributed by atoms with Crippen LogP contribution in [-0.4, -0.2) is 55.5 Å². The number of hydrogen-bond donors (Lipinski definition) is 3. The number of ether oxygens (including phenoxy) is 2. The van der Waals surface area contributed by atoms with Crippen LogP contribution >= 0.6 is 0 Å². The minimum Gasteiger partial charge on any atom is -0.481 e. The average molecular weight is 481 g/mol. The number of fused-ring (bicyclic) bond motifs is 3. The molecule has 0 aromatic heterocycles. The Morgan fingerprint density at radius 2 is 1.69 bits per heavy atom. The molecule has 0 radical (unpaired) electrons. The van der Waals surface area contributed by atoms with Gasteiger partial charge in [0, 0.05) is 32.0 Å². The van der Waals surface area contributed by atoms with Gasteiger partial charge in [0.25, 0.3) is 0 Å². The van der Waals surface area contributed by atoms with Gasteiger partial charge in [-0.15, -0.1) is 0 Å². The molecular weight excluding hydrogens is 448 g/mol. The number of carbonyl (C=O) groups excluding carboxylic acids is 2. The fraction of sp³-hybridized carbons (Fsp3) is 0.444. The highest BCUT2D eigenvalue weighted by molar-refractivity contribution is 5.79. The molecule has 186 valence electrons. The molecule has 35 heavy (non-hydrogen) atoms. The molecule has 0 aliphatic heterocycles. The van der Waals surface area contributed by atoms with E-state index >= 15 is 0 Å². The monoisotopic (exact) mass is 480 g/mol. The van der Waals surface area contributed by atoms with Crippen molar-refractivity contribution in [1.82, 2.24) is 10.6 Å². The molecule has 1 unspecified atom stereocenters. The molecule has 3 N–H and O–H groups in total. The fourth-order valence-electron chi connectivity index (χ4n) is 5.22. The van der Waals surface area contributed by atoms with Crippen molar-refractivity contribution in [2.45, 2.75) is 50.2 Å². The van der Waals surface area contributed by atoms with Crippen LogP contribution in [0.15, 0.2) is 48.5 Å². The summed E-state index contributed by atoms with van der Waals surface area (Å²) in [4.78, 5) is 35.7. The lowest BCUT2D eigenvalue weighted by Gasteiger charge is -2.19. The molecule has 0 saturated heterocycles. The Balaban J connectivity index is 1.22. The van der Waals surface area contributed by atoms with Crippen molar-refractivity contribution in [2.24, 2.45) is 5.92 Å². The SMILES string of the molecule is COC(CNC(=O)OCC1c2ccccc2-c2ccccc21)CC(=O)N[C@@H]1CC[C@H](CC(=O)O)C1. The van der Waals surface area contributed by atoms with E-state index in [1.807, 2.05) is 24.3 Å². The third-order valence-corrected chi connectivity index (χ3v) is 6.93. The van der Waals surface area contributed by atoms with Gasteiger partial charge < -0.3 is 25.2 Å². The Bertz CT molecular complexity index is 1030. The summed E-state index contributed by atoms with van der Waals surface area (Å²) in [6, 6.07) is 16.3. The molecule has 1 fully saturated rings. The summed E-state index contributed by atoms with van der Waals surface area (Å²) in [6.45, 7) is 0.365. The molecule has 2 amide bonds. The zero-order valence-corrected chi connectivity index (χ0v) is 19.9. The highest BCUT2D eigenvalue weighted by atomic mass is 16.5. The maximum atomic E-state index is 12.4. The van der Waals surface area contributed by atoms with Crippen molar-refractivity contribution in [3.8, 4) is 11.1 Å². The standard InChI is InChI=1S/C27H32N2O6/c1-34-19(14-25(30)29-18-11-10-17(12-18)13-26(31)32)15-28-27(33)35-16-24-22-8-4-2-6-20(22)21-7-3-5-9-23(21)24/h2-9,17-19,24H,10-16H2,1H3,(H,28,33)(H,29,30)(H,31,32)/t17-,18+,19?/m0/s1. The topological polar surface area (TPSA) is 114 Å². The first-order chi connectivity index (χ1) is 16.9. The highest BCUT2D eigenvalue weighted by Crippen LogP contribution is 2.44. The number of aliphatic carboxylic acids is 1. The number of benzene rings is 2. The number of amides is 2. The maximum Gasteiger partial charge on any atom is 0.407 e.